The second-order valence-electron chi connectivity index (χ2n) is 18.0. The fraction of sp³-hybridized carbons (Fsp3) is 0.656. The Balaban J connectivity index is 4.51. The van der Waals surface area contributed by atoms with Crippen molar-refractivity contribution in [1.82, 2.24) is 0 Å². The van der Waals surface area contributed by atoms with E-state index in [0.29, 0.717) is 19.3 Å². The lowest BCUT2D eigenvalue weighted by molar-refractivity contribution is -0.167. The summed E-state index contributed by atoms with van der Waals surface area (Å²) in [6.45, 7) is 6.40. The number of hydrogen-bond acceptors (Lipinski definition) is 6. The van der Waals surface area contributed by atoms with Crippen LogP contribution < -0.4 is 0 Å². The second kappa shape index (κ2) is 54.7. The van der Waals surface area contributed by atoms with E-state index in [4.69, 9.17) is 14.2 Å². The molecule has 0 aliphatic carbocycles. The van der Waals surface area contributed by atoms with E-state index in [1.807, 2.05) is 48.6 Å². The van der Waals surface area contributed by atoms with E-state index >= 15 is 0 Å². The molecule has 0 saturated carbocycles. The molecule has 1 unspecified atom stereocenters. The van der Waals surface area contributed by atoms with Gasteiger partial charge in [0, 0.05) is 19.3 Å². The average molecular weight is 929 g/mol. The monoisotopic (exact) mass is 929 g/mol. The zero-order chi connectivity index (χ0) is 48.6. The third-order valence-electron chi connectivity index (χ3n) is 11.5. The lowest BCUT2D eigenvalue weighted by Crippen LogP contribution is -2.30. The highest BCUT2D eigenvalue weighted by Gasteiger charge is 2.19. The maximum absolute atomic E-state index is 12.8. The fourth-order valence-corrected chi connectivity index (χ4v) is 7.36. The molecule has 1 atom stereocenters. The van der Waals surface area contributed by atoms with Crippen molar-refractivity contribution in [3.8, 4) is 0 Å². The zero-order valence-electron chi connectivity index (χ0n) is 43.4. The highest BCUT2D eigenvalue weighted by molar-refractivity contribution is 5.71. The molecule has 0 aromatic carbocycles. The molecular weight excluding hydrogens is 829 g/mol. The minimum Gasteiger partial charge on any atom is -0.462 e. The Morgan fingerprint density at radius 3 is 0.955 bits per heavy atom. The van der Waals surface area contributed by atoms with E-state index < -0.39 is 6.10 Å². The Labute approximate surface area is 412 Å². The van der Waals surface area contributed by atoms with E-state index in [0.717, 1.165) is 96.3 Å². The summed E-state index contributed by atoms with van der Waals surface area (Å²) < 4.78 is 16.8. The van der Waals surface area contributed by atoms with E-state index in [2.05, 4.69) is 81.5 Å². The number of carbonyl (C=O) groups is 3. The van der Waals surface area contributed by atoms with Crippen LogP contribution in [0.2, 0.25) is 0 Å². The highest BCUT2D eigenvalue weighted by atomic mass is 16.6. The molecular formula is C61H100O6. The van der Waals surface area contributed by atoms with Crippen molar-refractivity contribution in [3.05, 3.63) is 109 Å². The number of esters is 3. The third-order valence-corrected chi connectivity index (χ3v) is 11.5. The number of unbranched alkanes of at least 4 members (excludes halogenated alkanes) is 26. The Morgan fingerprint density at radius 1 is 0.313 bits per heavy atom. The van der Waals surface area contributed by atoms with Crippen LogP contribution in [0.4, 0.5) is 0 Å². The largest absolute Gasteiger partial charge is 0.462 e. The van der Waals surface area contributed by atoms with Gasteiger partial charge in [0.25, 0.3) is 0 Å². The highest BCUT2D eigenvalue weighted by Crippen LogP contribution is 2.15. The van der Waals surface area contributed by atoms with Crippen molar-refractivity contribution in [2.75, 3.05) is 13.2 Å². The Kier molecular flexibility index (Phi) is 51.5. The quantitative estimate of drug-likeness (QED) is 0.0262. The molecule has 6 nitrogen and oxygen atoms in total. The minimum atomic E-state index is -0.806. The molecule has 0 amide bonds. The van der Waals surface area contributed by atoms with Crippen molar-refractivity contribution in [2.45, 2.75) is 245 Å². The molecule has 0 aromatic heterocycles. The Hall–Kier alpha value is -3.93. The zero-order valence-corrected chi connectivity index (χ0v) is 43.4. The van der Waals surface area contributed by atoms with Crippen molar-refractivity contribution in [2.24, 2.45) is 0 Å². The number of rotatable bonds is 48. The summed E-state index contributed by atoms with van der Waals surface area (Å²) in [5.41, 5.74) is 0. The first-order valence-corrected chi connectivity index (χ1v) is 27.5. The van der Waals surface area contributed by atoms with Gasteiger partial charge in [-0.15, -0.1) is 0 Å². The molecule has 0 aromatic rings. The lowest BCUT2D eigenvalue weighted by atomic mass is 10.0. The molecule has 67 heavy (non-hydrogen) atoms. The van der Waals surface area contributed by atoms with Gasteiger partial charge >= 0.3 is 17.9 Å². The van der Waals surface area contributed by atoms with Crippen LogP contribution in [0.1, 0.15) is 239 Å². The van der Waals surface area contributed by atoms with Gasteiger partial charge in [0.1, 0.15) is 13.2 Å². The van der Waals surface area contributed by atoms with E-state index in [1.54, 1.807) is 0 Å². The van der Waals surface area contributed by atoms with Gasteiger partial charge in [-0.05, 0) is 64.2 Å². The van der Waals surface area contributed by atoms with Gasteiger partial charge < -0.3 is 14.2 Å². The number of allylic oxidation sites excluding steroid dienone is 18. The molecule has 0 spiro atoms. The molecule has 0 rings (SSSR count). The summed E-state index contributed by atoms with van der Waals surface area (Å²) in [6.07, 6.45) is 73.5. The van der Waals surface area contributed by atoms with Crippen molar-refractivity contribution in [3.63, 3.8) is 0 Å². The summed E-state index contributed by atoms with van der Waals surface area (Å²) in [5, 5.41) is 0. The Morgan fingerprint density at radius 2 is 0.582 bits per heavy atom. The predicted octanol–water partition coefficient (Wildman–Crippen LogP) is 18.3. The maximum Gasteiger partial charge on any atom is 0.306 e. The molecule has 0 bridgehead atoms. The van der Waals surface area contributed by atoms with Gasteiger partial charge in [-0.3, -0.25) is 14.4 Å². The molecule has 6 heteroatoms. The van der Waals surface area contributed by atoms with Crippen LogP contribution in [0, 0.1) is 0 Å². The SMILES string of the molecule is CC\C=C/C=C\C=C/C=C\C=C/CCCCCC(=O)OCC(COC(=O)CCCCCCC\C=C/C=C\C=C/C=C\CCCCC)OC(=O)CCCCCCCCCCCCCCCCCC. The van der Waals surface area contributed by atoms with Crippen molar-refractivity contribution < 1.29 is 28.6 Å². The summed E-state index contributed by atoms with van der Waals surface area (Å²) in [7, 11) is 0. The summed E-state index contributed by atoms with van der Waals surface area (Å²) in [6, 6.07) is 0. The van der Waals surface area contributed by atoms with Crippen LogP contribution in [0.15, 0.2) is 109 Å². The topological polar surface area (TPSA) is 78.9 Å². The fourth-order valence-electron chi connectivity index (χ4n) is 7.36. The first-order chi connectivity index (χ1) is 33.0. The third kappa shape index (κ3) is 52.9. The molecule has 0 saturated heterocycles. The smallest absolute Gasteiger partial charge is 0.306 e. The summed E-state index contributed by atoms with van der Waals surface area (Å²) in [5.74, 6) is -0.966. The first kappa shape index (κ1) is 63.1. The van der Waals surface area contributed by atoms with Crippen LogP contribution >= 0.6 is 0 Å². The van der Waals surface area contributed by atoms with Gasteiger partial charge in [0.05, 0.1) is 0 Å². The normalized spacial score (nSPS) is 12.9. The number of hydrogen-bond donors (Lipinski definition) is 0. The minimum absolute atomic E-state index is 0.104. The number of ether oxygens (including phenoxy) is 3. The maximum atomic E-state index is 12.8. The first-order valence-electron chi connectivity index (χ1n) is 27.5. The molecule has 0 fully saturated rings. The lowest BCUT2D eigenvalue weighted by Gasteiger charge is -2.18. The van der Waals surface area contributed by atoms with Crippen LogP contribution in [0.3, 0.4) is 0 Å². The van der Waals surface area contributed by atoms with Crippen molar-refractivity contribution in [1.29, 1.82) is 0 Å². The Bertz CT molecular complexity index is 1390. The molecule has 0 N–H and O–H groups in total. The second-order valence-corrected chi connectivity index (χ2v) is 18.0. The van der Waals surface area contributed by atoms with Gasteiger partial charge in [-0.1, -0.05) is 265 Å². The van der Waals surface area contributed by atoms with Gasteiger partial charge in [-0.2, -0.15) is 0 Å². The molecule has 0 radical (unpaired) electrons. The summed E-state index contributed by atoms with van der Waals surface area (Å²) >= 11 is 0. The predicted molar refractivity (Wildman–Crippen MR) is 288 cm³/mol. The molecule has 380 valence electrons. The molecule has 0 heterocycles. The summed E-state index contributed by atoms with van der Waals surface area (Å²) in [4.78, 5) is 38.1. The number of carbonyl (C=O) groups excluding carboxylic acids is 3. The molecule has 0 aliphatic rings. The average Bonchev–Trinajstić information content (AvgIpc) is 3.33. The van der Waals surface area contributed by atoms with Gasteiger partial charge in [-0.25, -0.2) is 0 Å². The standard InChI is InChI=1S/C61H100O6/c1-4-7-10-13-16-19-22-25-28-30-31-34-36-39-42-45-48-51-54-60(63)66-57-58(56-65-59(62)53-50-47-44-41-38-35-32-27-24-21-18-15-12-9-6-3)67-61(64)55-52-49-46-43-40-37-33-29-26-23-20-17-14-11-8-5-2/h9,12,15-16,18-19,21-22,24-25,27-28,30-32,34-35,38,58H,4-8,10-11,13-14,17,20,23,26,29,33,36-37,39-57H2,1-3H3/b12-9-,18-15-,19-16-,24-21-,25-22-,30-28-,32-27-,34-31-,38-35-. The van der Waals surface area contributed by atoms with Crippen LogP contribution in [-0.4, -0.2) is 37.2 Å². The van der Waals surface area contributed by atoms with Crippen molar-refractivity contribution >= 4 is 17.9 Å². The molecule has 0 aliphatic heterocycles. The van der Waals surface area contributed by atoms with Gasteiger partial charge in [0.15, 0.2) is 6.10 Å². The van der Waals surface area contributed by atoms with Crippen LogP contribution in [0.5, 0.6) is 0 Å². The van der Waals surface area contributed by atoms with E-state index in [1.165, 1.54) is 103 Å². The van der Waals surface area contributed by atoms with E-state index in [9.17, 15) is 14.4 Å². The van der Waals surface area contributed by atoms with Crippen LogP contribution in [0.25, 0.3) is 0 Å². The van der Waals surface area contributed by atoms with E-state index in [-0.39, 0.29) is 31.1 Å². The van der Waals surface area contributed by atoms with Gasteiger partial charge in [0.2, 0.25) is 0 Å². The van der Waals surface area contributed by atoms with Crippen LogP contribution in [-0.2, 0) is 28.6 Å².